The molecular formula is C19H17F3N4. The number of benzene rings is 2. The maximum atomic E-state index is 12.5. The Balaban J connectivity index is 1.77. The molecule has 0 unspecified atom stereocenters. The normalized spacial score (nSPS) is 12.3. The summed E-state index contributed by atoms with van der Waals surface area (Å²) in [5.41, 5.74) is 5.15. The first-order valence-electron chi connectivity index (χ1n) is 8.29. The van der Waals surface area contributed by atoms with Gasteiger partial charge in [-0.15, -0.1) is 0 Å². The molecule has 1 N–H and O–H groups in total. The topological polar surface area (TPSA) is 46.5 Å². The van der Waals surface area contributed by atoms with Gasteiger partial charge in [0.25, 0.3) is 0 Å². The van der Waals surface area contributed by atoms with E-state index in [-0.39, 0.29) is 6.42 Å². The molecule has 0 spiro atoms. The summed E-state index contributed by atoms with van der Waals surface area (Å²) in [6, 6.07) is 11.7. The number of halogens is 3. The first-order valence-corrected chi connectivity index (χ1v) is 8.29. The summed E-state index contributed by atoms with van der Waals surface area (Å²) < 4.78 is 39.4. The fourth-order valence-corrected chi connectivity index (χ4v) is 3.25. The van der Waals surface area contributed by atoms with Gasteiger partial charge >= 0.3 is 6.18 Å². The minimum absolute atomic E-state index is 0.154. The standard InChI is InChI=1S/C19H17F3N4/c1-11-9-12(18-24-13-5-3-4-6-15(13)26(18)2)10-14-17(11)25-16(23-14)7-8-19(20,21)22/h3-6,9-10H,7-8H2,1-2H3,(H,23,25). The van der Waals surface area contributed by atoms with Gasteiger partial charge in [0.05, 0.1) is 28.5 Å². The molecule has 134 valence electrons. The van der Waals surface area contributed by atoms with E-state index in [1.165, 1.54) is 0 Å². The van der Waals surface area contributed by atoms with E-state index in [2.05, 4.69) is 15.0 Å². The van der Waals surface area contributed by atoms with Crippen LogP contribution in [0, 0.1) is 6.92 Å². The minimum Gasteiger partial charge on any atom is -0.342 e. The smallest absolute Gasteiger partial charge is 0.342 e. The van der Waals surface area contributed by atoms with Gasteiger partial charge < -0.3 is 9.55 Å². The fraction of sp³-hybridized carbons (Fsp3) is 0.263. The molecule has 0 radical (unpaired) electrons. The molecule has 0 fully saturated rings. The molecule has 2 aromatic carbocycles. The number of imidazole rings is 2. The number of para-hydroxylation sites is 2. The van der Waals surface area contributed by atoms with Crippen LogP contribution >= 0.6 is 0 Å². The maximum Gasteiger partial charge on any atom is 0.389 e. The van der Waals surface area contributed by atoms with Crippen LogP contribution in [-0.2, 0) is 13.5 Å². The van der Waals surface area contributed by atoms with Gasteiger partial charge in [0.2, 0.25) is 0 Å². The highest BCUT2D eigenvalue weighted by atomic mass is 19.4. The zero-order valence-corrected chi connectivity index (χ0v) is 14.4. The molecule has 2 aromatic heterocycles. The number of aromatic nitrogens is 4. The van der Waals surface area contributed by atoms with E-state index < -0.39 is 12.6 Å². The molecule has 0 amide bonds. The molecule has 26 heavy (non-hydrogen) atoms. The van der Waals surface area contributed by atoms with Crippen LogP contribution in [0.15, 0.2) is 36.4 Å². The largest absolute Gasteiger partial charge is 0.389 e. The van der Waals surface area contributed by atoms with E-state index in [1.807, 2.05) is 54.9 Å². The van der Waals surface area contributed by atoms with E-state index in [1.54, 1.807) is 0 Å². The van der Waals surface area contributed by atoms with E-state index >= 15 is 0 Å². The number of aromatic amines is 1. The summed E-state index contributed by atoms with van der Waals surface area (Å²) in [4.78, 5) is 12.0. The van der Waals surface area contributed by atoms with E-state index in [0.717, 1.165) is 33.5 Å². The average Bonchev–Trinajstić information content (AvgIpc) is 3.14. The van der Waals surface area contributed by atoms with Gasteiger partial charge in [-0.25, -0.2) is 9.97 Å². The number of hydrogen-bond donors (Lipinski definition) is 1. The minimum atomic E-state index is -4.19. The number of hydrogen-bond acceptors (Lipinski definition) is 2. The van der Waals surface area contributed by atoms with Crippen LogP contribution in [0.5, 0.6) is 0 Å². The number of rotatable bonds is 3. The summed E-state index contributed by atoms with van der Waals surface area (Å²) in [5, 5.41) is 0. The fourth-order valence-electron chi connectivity index (χ4n) is 3.25. The zero-order chi connectivity index (χ0) is 18.5. The zero-order valence-electron chi connectivity index (χ0n) is 14.4. The molecule has 0 aliphatic heterocycles. The third-order valence-electron chi connectivity index (χ3n) is 4.52. The lowest BCUT2D eigenvalue weighted by Gasteiger charge is -2.04. The second-order valence-corrected chi connectivity index (χ2v) is 6.47. The van der Waals surface area contributed by atoms with Gasteiger partial charge in [-0.1, -0.05) is 12.1 Å². The Labute approximate surface area is 147 Å². The van der Waals surface area contributed by atoms with Crippen LogP contribution in [-0.4, -0.2) is 25.7 Å². The predicted molar refractivity (Wildman–Crippen MR) is 94.9 cm³/mol. The van der Waals surface area contributed by atoms with Crippen LogP contribution in [0.2, 0.25) is 0 Å². The van der Waals surface area contributed by atoms with Crippen LogP contribution in [0.4, 0.5) is 13.2 Å². The highest BCUT2D eigenvalue weighted by Gasteiger charge is 2.27. The first-order chi connectivity index (χ1) is 12.3. The molecule has 0 aliphatic carbocycles. The van der Waals surface area contributed by atoms with E-state index in [4.69, 9.17) is 0 Å². The number of H-pyrrole nitrogens is 1. The summed E-state index contributed by atoms with van der Waals surface area (Å²) >= 11 is 0. The van der Waals surface area contributed by atoms with Crippen molar-refractivity contribution in [3.63, 3.8) is 0 Å². The van der Waals surface area contributed by atoms with Crippen LogP contribution in [0.3, 0.4) is 0 Å². The van der Waals surface area contributed by atoms with Gasteiger partial charge in [-0.2, -0.15) is 13.2 Å². The number of nitrogens with zero attached hydrogens (tertiary/aromatic N) is 3. The lowest BCUT2D eigenvalue weighted by atomic mass is 10.1. The lowest BCUT2D eigenvalue weighted by Crippen LogP contribution is -2.09. The van der Waals surface area contributed by atoms with Crippen LogP contribution in [0.1, 0.15) is 17.8 Å². The van der Waals surface area contributed by atoms with E-state index in [9.17, 15) is 13.2 Å². The highest BCUT2D eigenvalue weighted by Crippen LogP contribution is 2.29. The molecule has 0 atom stereocenters. The molecule has 0 aliphatic rings. The molecule has 2 heterocycles. The summed E-state index contributed by atoms with van der Waals surface area (Å²) in [7, 11) is 1.95. The van der Waals surface area contributed by atoms with Gasteiger partial charge in [0.15, 0.2) is 0 Å². The molecular weight excluding hydrogens is 341 g/mol. The van der Waals surface area contributed by atoms with Crippen molar-refractivity contribution in [2.75, 3.05) is 0 Å². The maximum absolute atomic E-state index is 12.5. The lowest BCUT2D eigenvalue weighted by molar-refractivity contribution is -0.134. The molecule has 0 saturated carbocycles. The van der Waals surface area contributed by atoms with Gasteiger partial charge in [-0.3, -0.25) is 0 Å². The summed E-state index contributed by atoms with van der Waals surface area (Å²) in [6.07, 6.45) is -5.23. The summed E-state index contributed by atoms with van der Waals surface area (Å²) in [6.45, 7) is 1.91. The second-order valence-electron chi connectivity index (χ2n) is 6.47. The Bertz CT molecular complexity index is 1110. The molecule has 4 rings (SSSR count). The van der Waals surface area contributed by atoms with E-state index in [0.29, 0.717) is 11.3 Å². The first kappa shape index (κ1) is 16.6. The predicted octanol–water partition coefficient (Wildman–Crippen LogP) is 4.92. The van der Waals surface area contributed by atoms with Crippen molar-refractivity contribution in [1.29, 1.82) is 0 Å². The van der Waals surface area contributed by atoms with Gasteiger partial charge in [-0.05, 0) is 36.8 Å². The summed E-state index contributed by atoms with van der Waals surface area (Å²) in [5.74, 6) is 1.16. The van der Waals surface area contributed by atoms with Crippen molar-refractivity contribution in [1.82, 2.24) is 19.5 Å². The Morgan fingerprint density at radius 3 is 2.62 bits per heavy atom. The van der Waals surface area contributed by atoms with Crippen molar-refractivity contribution < 1.29 is 13.2 Å². The molecule has 0 bridgehead atoms. The van der Waals surface area contributed by atoms with Crippen molar-refractivity contribution in [2.45, 2.75) is 25.9 Å². The van der Waals surface area contributed by atoms with Crippen LogP contribution < -0.4 is 0 Å². The SMILES string of the molecule is Cc1cc(-c2nc3ccccc3n2C)cc2[nH]c(CCC(F)(F)F)nc12. The van der Waals surface area contributed by atoms with Crippen molar-refractivity contribution in [2.24, 2.45) is 7.05 Å². The highest BCUT2D eigenvalue weighted by molar-refractivity contribution is 5.86. The molecule has 4 nitrogen and oxygen atoms in total. The third-order valence-corrected chi connectivity index (χ3v) is 4.52. The average molecular weight is 358 g/mol. The van der Waals surface area contributed by atoms with Crippen molar-refractivity contribution in [3.05, 3.63) is 47.8 Å². The monoisotopic (exact) mass is 358 g/mol. The van der Waals surface area contributed by atoms with Crippen molar-refractivity contribution in [3.8, 4) is 11.4 Å². The number of nitrogens with one attached hydrogen (secondary N) is 1. The molecule has 0 saturated heterocycles. The second kappa shape index (κ2) is 5.86. The Morgan fingerprint density at radius 2 is 1.88 bits per heavy atom. The van der Waals surface area contributed by atoms with Crippen molar-refractivity contribution >= 4 is 22.1 Å². The quantitative estimate of drug-likeness (QED) is 0.565. The van der Waals surface area contributed by atoms with Gasteiger partial charge in [0, 0.05) is 19.0 Å². The number of alkyl halides is 3. The Kier molecular flexibility index (Phi) is 3.75. The number of aryl methyl sites for hydroxylation is 3. The third kappa shape index (κ3) is 2.94. The van der Waals surface area contributed by atoms with Gasteiger partial charge in [0.1, 0.15) is 11.6 Å². The molecule has 4 aromatic rings. The number of fused-ring (bicyclic) bond motifs is 2. The Hall–Kier alpha value is -2.83. The molecule has 7 heteroatoms. The Morgan fingerprint density at radius 1 is 1.12 bits per heavy atom. The van der Waals surface area contributed by atoms with Crippen LogP contribution in [0.25, 0.3) is 33.5 Å².